The van der Waals surface area contributed by atoms with Gasteiger partial charge in [0, 0.05) is 35.7 Å². The summed E-state index contributed by atoms with van der Waals surface area (Å²) in [7, 11) is 1.36. The van der Waals surface area contributed by atoms with Gasteiger partial charge in [-0.1, -0.05) is 6.07 Å². The Kier molecular flexibility index (Phi) is 4.07. The third-order valence-electron chi connectivity index (χ3n) is 5.07. The second-order valence-corrected chi connectivity index (χ2v) is 6.67. The summed E-state index contributed by atoms with van der Waals surface area (Å²) in [5, 5.41) is 0.859. The maximum atomic E-state index is 13.4. The number of nitrogens with two attached hydrogens (primary N) is 1. The van der Waals surface area contributed by atoms with Gasteiger partial charge >= 0.3 is 6.09 Å². The fraction of sp³-hybridized carbons (Fsp3) is 0.250. The molecule has 1 aliphatic rings. The molecule has 7 heteroatoms. The lowest BCUT2D eigenvalue weighted by molar-refractivity contribution is 0.0960. The van der Waals surface area contributed by atoms with E-state index < -0.39 is 0 Å². The first kappa shape index (κ1) is 17.1. The van der Waals surface area contributed by atoms with Crippen molar-refractivity contribution in [3.8, 4) is 0 Å². The molecule has 0 saturated carbocycles. The van der Waals surface area contributed by atoms with Crippen molar-refractivity contribution in [3.63, 3.8) is 0 Å². The third-order valence-corrected chi connectivity index (χ3v) is 5.07. The maximum absolute atomic E-state index is 13.4. The number of anilines is 1. The van der Waals surface area contributed by atoms with Crippen LogP contribution in [0.4, 0.5) is 10.5 Å². The number of hydrogen-bond acceptors (Lipinski definition) is 5. The summed E-state index contributed by atoms with van der Waals surface area (Å²) in [6, 6.07) is 7.47. The zero-order chi connectivity index (χ0) is 19.1. The highest BCUT2D eigenvalue weighted by Crippen LogP contribution is 2.28. The molecule has 0 bridgehead atoms. The number of benzene rings is 1. The molecule has 0 unspecified atom stereocenters. The quantitative estimate of drug-likeness (QED) is 0.671. The van der Waals surface area contributed by atoms with E-state index in [1.165, 1.54) is 7.11 Å². The molecule has 0 fully saturated rings. The average molecular weight is 364 g/mol. The molecule has 3 aromatic rings. The molecule has 1 aromatic carbocycles. The molecule has 0 aliphatic carbocycles. The van der Waals surface area contributed by atoms with E-state index in [9.17, 15) is 9.59 Å². The SMILES string of the molecule is COC(=O)N1CCc2c(cncc2C(=O)n2c(C)cc3c(N)cccc32)C1. The van der Waals surface area contributed by atoms with Gasteiger partial charge in [0.15, 0.2) is 0 Å². The summed E-state index contributed by atoms with van der Waals surface area (Å²) in [6.45, 7) is 2.77. The molecule has 3 heterocycles. The summed E-state index contributed by atoms with van der Waals surface area (Å²) >= 11 is 0. The third kappa shape index (κ3) is 2.71. The summed E-state index contributed by atoms with van der Waals surface area (Å²) in [5.41, 5.74) is 10.7. The molecule has 0 radical (unpaired) electrons. The van der Waals surface area contributed by atoms with Crippen molar-refractivity contribution in [2.75, 3.05) is 19.4 Å². The van der Waals surface area contributed by atoms with Crippen LogP contribution in [0.2, 0.25) is 0 Å². The molecule has 27 heavy (non-hydrogen) atoms. The fourth-order valence-corrected chi connectivity index (χ4v) is 3.74. The number of amides is 1. The van der Waals surface area contributed by atoms with Crippen LogP contribution in [0.15, 0.2) is 36.7 Å². The van der Waals surface area contributed by atoms with Gasteiger partial charge in [0.25, 0.3) is 5.91 Å². The summed E-state index contributed by atoms with van der Waals surface area (Å²) in [4.78, 5) is 31.0. The van der Waals surface area contributed by atoms with Crippen LogP contribution in [0.3, 0.4) is 0 Å². The molecule has 4 rings (SSSR count). The lowest BCUT2D eigenvalue weighted by Crippen LogP contribution is -2.36. The minimum absolute atomic E-state index is 0.135. The van der Waals surface area contributed by atoms with Crippen LogP contribution in [0.25, 0.3) is 10.9 Å². The molecular weight excluding hydrogens is 344 g/mol. The normalized spacial score (nSPS) is 13.5. The fourth-order valence-electron chi connectivity index (χ4n) is 3.74. The number of pyridine rings is 1. The molecule has 1 amide bonds. The molecule has 7 nitrogen and oxygen atoms in total. The molecule has 138 valence electrons. The van der Waals surface area contributed by atoms with Crippen LogP contribution in [0, 0.1) is 6.92 Å². The van der Waals surface area contributed by atoms with Crippen molar-refractivity contribution in [1.29, 1.82) is 0 Å². The van der Waals surface area contributed by atoms with Crippen molar-refractivity contribution in [1.82, 2.24) is 14.5 Å². The summed E-state index contributed by atoms with van der Waals surface area (Å²) in [6.07, 6.45) is 3.51. The highest BCUT2D eigenvalue weighted by atomic mass is 16.5. The lowest BCUT2D eigenvalue weighted by atomic mass is 9.97. The summed E-state index contributed by atoms with van der Waals surface area (Å²) in [5.74, 6) is -0.135. The van der Waals surface area contributed by atoms with Gasteiger partial charge in [-0.05, 0) is 42.7 Å². The number of hydrogen-bond donors (Lipinski definition) is 1. The molecule has 0 atom stereocenters. The zero-order valence-corrected chi connectivity index (χ0v) is 15.2. The monoisotopic (exact) mass is 364 g/mol. The van der Waals surface area contributed by atoms with E-state index in [1.807, 2.05) is 31.2 Å². The van der Waals surface area contributed by atoms with Crippen LogP contribution in [0.1, 0.15) is 27.2 Å². The zero-order valence-electron chi connectivity index (χ0n) is 15.2. The minimum atomic E-state index is -0.375. The first-order valence-electron chi connectivity index (χ1n) is 8.71. The lowest BCUT2D eigenvalue weighted by Gasteiger charge is -2.28. The Labute approximate surface area is 156 Å². The van der Waals surface area contributed by atoms with E-state index >= 15 is 0 Å². The van der Waals surface area contributed by atoms with Gasteiger partial charge in [0.1, 0.15) is 0 Å². The number of nitrogen functional groups attached to an aromatic ring is 1. The van der Waals surface area contributed by atoms with Gasteiger partial charge in [-0.2, -0.15) is 0 Å². The average Bonchev–Trinajstić information content (AvgIpc) is 3.03. The van der Waals surface area contributed by atoms with E-state index in [2.05, 4.69) is 4.98 Å². The molecule has 0 spiro atoms. The Hall–Kier alpha value is -3.35. The number of carbonyl (C=O) groups excluding carboxylic acids is 2. The highest BCUT2D eigenvalue weighted by molar-refractivity contribution is 6.06. The van der Waals surface area contributed by atoms with E-state index in [1.54, 1.807) is 21.9 Å². The first-order valence-corrected chi connectivity index (χ1v) is 8.71. The number of rotatable bonds is 1. The number of fused-ring (bicyclic) bond motifs is 2. The Balaban J connectivity index is 1.78. The minimum Gasteiger partial charge on any atom is -0.453 e. The smallest absolute Gasteiger partial charge is 0.409 e. The van der Waals surface area contributed by atoms with Gasteiger partial charge in [0.2, 0.25) is 0 Å². The van der Waals surface area contributed by atoms with Crippen LogP contribution in [-0.2, 0) is 17.7 Å². The maximum Gasteiger partial charge on any atom is 0.409 e. The largest absolute Gasteiger partial charge is 0.453 e. The van der Waals surface area contributed by atoms with E-state index in [0.29, 0.717) is 30.8 Å². The molecule has 0 saturated heterocycles. The predicted molar refractivity (Wildman–Crippen MR) is 102 cm³/mol. The van der Waals surface area contributed by atoms with Crippen molar-refractivity contribution in [3.05, 3.63) is 59.0 Å². The van der Waals surface area contributed by atoms with Crippen molar-refractivity contribution in [2.45, 2.75) is 19.9 Å². The van der Waals surface area contributed by atoms with E-state index in [4.69, 9.17) is 10.5 Å². The number of ether oxygens (including phenoxy) is 1. The Morgan fingerprint density at radius 2 is 2.07 bits per heavy atom. The second kappa shape index (κ2) is 6.42. The van der Waals surface area contributed by atoms with Crippen LogP contribution in [-0.4, -0.2) is 40.1 Å². The van der Waals surface area contributed by atoms with Gasteiger partial charge in [-0.25, -0.2) is 4.79 Å². The standard InChI is InChI=1S/C20H20N4O3/c1-12-8-15-17(21)4-3-5-18(15)24(12)19(25)16-10-22-9-13-11-23(20(26)27-2)7-6-14(13)16/h3-5,8-10H,6-7,11,21H2,1-2H3. The van der Waals surface area contributed by atoms with Gasteiger partial charge in [-0.3, -0.25) is 14.3 Å². The molecule has 1 aliphatic heterocycles. The van der Waals surface area contributed by atoms with Crippen LogP contribution < -0.4 is 5.73 Å². The second-order valence-electron chi connectivity index (χ2n) is 6.67. The van der Waals surface area contributed by atoms with Gasteiger partial charge in [-0.15, -0.1) is 0 Å². The topological polar surface area (TPSA) is 90.5 Å². The number of nitrogens with zero attached hydrogens (tertiary/aromatic N) is 3. The van der Waals surface area contributed by atoms with Crippen molar-refractivity contribution in [2.24, 2.45) is 0 Å². The number of methoxy groups -OCH3 is 1. The summed E-state index contributed by atoms with van der Waals surface area (Å²) < 4.78 is 6.48. The van der Waals surface area contributed by atoms with Crippen molar-refractivity contribution >= 4 is 28.6 Å². The van der Waals surface area contributed by atoms with Crippen molar-refractivity contribution < 1.29 is 14.3 Å². The van der Waals surface area contributed by atoms with E-state index in [-0.39, 0.29) is 12.0 Å². The Bertz CT molecular complexity index is 1070. The van der Waals surface area contributed by atoms with Gasteiger partial charge < -0.3 is 15.4 Å². The molecule has 2 aromatic heterocycles. The Morgan fingerprint density at radius 3 is 2.85 bits per heavy atom. The highest BCUT2D eigenvalue weighted by Gasteiger charge is 2.26. The van der Waals surface area contributed by atoms with E-state index in [0.717, 1.165) is 27.7 Å². The number of aromatic nitrogens is 2. The molecule has 2 N–H and O–H groups in total. The molecular formula is C20H20N4O3. The van der Waals surface area contributed by atoms with Gasteiger partial charge in [0.05, 0.1) is 24.7 Å². The van der Waals surface area contributed by atoms with Crippen LogP contribution in [0.5, 0.6) is 0 Å². The first-order chi connectivity index (χ1) is 13.0. The predicted octanol–water partition coefficient (Wildman–Crippen LogP) is 2.74. The van der Waals surface area contributed by atoms with Crippen LogP contribution >= 0.6 is 0 Å². The number of aryl methyl sites for hydroxylation is 1. The number of carbonyl (C=O) groups is 2. The Morgan fingerprint density at radius 1 is 1.26 bits per heavy atom.